The van der Waals surface area contributed by atoms with Gasteiger partial charge in [-0.2, -0.15) is 26.3 Å². The third-order valence-electron chi connectivity index (χ3n) is 5.08. The molecule has 0 aliphatic carbocycles. The van der Waals surface area contributed by atoms with Crippen molar-refractivity contribution in [1.29, 1.82) is 0 Å². The quantitative estimate of drug-likeness (QED) is 0.295. The van der Waals surface area contributed by atoms with Crippen LogP contribution >= 0.6 is 0 Å². The van der Waals surface area contributed by atoms with Crippen molar-refractivity contribution in [2.24, 2.45) is 5.73 Å². The van der Waals surface area contributed by atoms with Crippen LogP contribution in [-0.4, -0.2) is 30.6 Å². The van der Waals surface area contributed by atoms with E-state index in [9.17, 15) is 31.1 Å². The Morgan fingerprint density at radius 3 is 1.89 bits per heavy atom. The number of halogens is 6. The average molecular weight is 519 g/mol. The number of primary amides is 1. The number of aromatic nitrogens is 5. The summed E-state index contributed by atoms with van der Waals surface area (Å²) in [5.74, 6) is -2.20. The van der Waals surface area contributed by atoms with Crippen molar-refractivity contribution in [2.45, 2.75) is 12.4 Å². The van der Waals surface area contributed by atoms with E-state index in [1.165, 1.54) is 12.1 Å². The molecule has 0 bridgehead atoms. The van der Waals surface area contributed by atoms with Crippen LogP contribution in [0.1, 0.15) is 16.7 Å². The summed E-state index contributed by atoms with van der Waals surface area (Å²) in [4.78, 5) is 23.7. The number of nitrogens with zero attached hydrogens (tertiary/aromatic N) is 5. The molecule has 2 aromatic carbocycles. The van der Waals surface area contributed by atoms with Crippen LogP contribution in [0.15, 0.2) is 60.9 Å². The van der Waals surface area contributed by atoms with E-state index in [1.54, 1.807) is 0 Å². The van der Waals surface area contributed by atoms with Crippen LogP contribution in [0.4, 0.5) is 32.3 Å². The minimum absolute atomic E-state index is 0.0319. The van der Waals surface area contributed by atoms with Gasteiger partial charge in [-0.1, -0.05) is 36.4 Å². The van der Waals surface area contributed by atoms with E-state index >= 15 is 0 Å². The van der Waals surface area contributed by atoms with Crippen molar-refractivity contribution in [3.63, 3.8) is 0 Å². The highest BCUT2D eigenvalue weighted by Crippen LogP contribution is 2.39. The number of benzene rings is 2. The Labute approximate surface area is 204 Å². The van der Waals surface area contributed by atoms with Crippen LogP contribution in [0.5, 0.6) is 0 Å². The second kappa shape index (κ2) is 9.37. The van der Waals surface area contributed by atoms with Gasteiger partial charge in [0, 0.05) is 35.3 Å². The molecule has 0 unspecified atom stereocenters. The maximum atomic E-state index is 13.8. The van der Waals surface area contributed by atoms with Crippen molar-refractivity contribution >= 4 is 23.6 Å². The predicted molar refractivity (Wildman–Crippen MR) is 121 cm³/mol. The number of rotatable bonds is 5. The summed E-state index contributed by atoms with van der Waals surface area (Å²) in [7, 11) is 0. The molecule has 4 aromatic rings. The van der Waals surface area contributed by atoms with Crippen molar-refractivity contribution in [2.75, 3.05) is 5.73 Å². The molecule has 0 atom stereocenters. The van der Waals surface area contributed by atoms with E-state index in [4.69, 9.17) is 11.5 Å². The minimum Gasteiger partial charge on any atom is -0.368 e. The molecule has 0 spiro atoms. The van der Waals surface area contributed by atoms with Crippen LogP contribution in [0.25, 0.3) is 34.5 Å². The molecule has 2 heterocycles. The summed E-state index contributed by atoms with van der Waals surface area (Å²) >= 11 is 0. The number of amides is 1. The zero-order chi connectivity index (χ0) is 27.0. The van der Waals surface area contributed by atoms with Crippen molar-refractivity contribution in [3.05, 3.63) is 77.6 Å². The van der Waals surface area contributed by atoms with E-state index in [0.717, 1.165) is 59.7 Å². The molecule has 0 aliphatic rings. The molecule has 4 N–H and O–H groups in total. The minimum atomic E-state index is -4.83. The van der Waals surface area contributed by atoms with E-state index in [-0.39, 0.29) is 17.1 Å². The molecule has 14 heteroatoms. The average Bonchev–Trinajstić information content (AvgIpc) is 3.26. The highest BCUT2D eigenvalue weighted by Gasteiger charge is 2.37. The molecule has 0 saturated carbocycles. The molecule has 0 saturated heterocycles. The van der Waals surface area contributed by atoms with Crippen molar-refractivity contribution in [1.82, 2.24) is 24.7 Å². The number of hydrogen-bond acceptors (Lipinski definition) is 6. The maximum Gasteiger partial charge on any atom is 0.417 e. The zero-order valence-electron chi connectivity index (χ0n) is 18.4. The number of carbonyl (C=O) groups excluding carboxylic acids is 1. The molecule has 1 amide bonds. The fraction of sp³-hybridized carbons (Fsp3) is 0.0870. The lowest BCUT2D eigenvalue weighted by Crippen LogP contribution is -2.15. The van der Waals surface area contributed by atoms with Gasteiger partial charge < -0.3 is 11.5 Å². The highest BCUT2D eigenvalue weighted by molar-refractivity contribution is 6.22. The highest BCUT2D eigenvalue weighted by atomic mass is 19.4. The molecule has 190 valence electrons. The van der Waals surface area contributed by atoms with Gasteiger partial charge in [-0.15, -0.1) is 5.10 Å². The van der Waals surface area contributed by atoms with Gasteiger partial charge in [0.2, 0.25) is 5.95 Å². The van der Waals surface area contributed by atoms with Gasteiger partial charge in [-0.25, -0.2) is 19.6 Å². The summed E-state index contributed by atoms with van der Waals surface area (Å²) < 4.78 is 83.0. The first kappa shape index (κ1) is 25.3. The van der Waals surface area contributed by atoms with Crippen LogP contribution in [0, 0.1) is 0 Å². The predicted octanol–water partition coefficient (Wildman–Crippen LogP) is 4.51. The first-order chi connectivity index (χ1) is 17.4. The molecular formula is C23H15F6N7O. The maximum absolute atomic E-state index is 13.8. The van der Waals surface area contributed by atoms with Gasteiger partial charge >= 0.3 is 12.4 Å². The normalized spacial score (nSPS) is 12.5. The molecule has 4 rings (SSSR count). The molecule has 2 aromatic heterocycles. The number of anilines is 1. The Kier molecular flexibility index (Phi) is 6.42. The van der Waals surface area contributed by atoms with Gasteiger partial charge in [0.15, 0.2) is 11.6 Å². The number of hydrogen-bond donors (Lipinski definition) is 2. The third-order valence-corrected chi connectivity index (χ3v) is 5.08. The molecule has 8 nitrogen and oxygen atoms in total. The smallest absolute Gasteiger partial charge is 0.368 e. The lowest BCUT2D eigenvalue weighted by Gasteiger charge is -2.12. The summed E-state index contributed by atoms with van der Waals surface area (Å²) in [6, 6.07) is 8.60. The van der Waals surface area contributed by atoms with Crippen LogP contribution in [0.3, 0.4) is 0 Å². The van der Waals surface area contributed by atoms with E-state index in [0.29, 0.717) is 0 Å². The van der Waals surface area contributed by atoms with Crippen molar-refractivity contribution < 1.29 is 31.1 Å². The standard InChI is InChI=1S/C23H15F6N7O/c24-22(25,26)16-7-3-1-5-13(16)19-34-20(14-6-2-4-8-17(14)23(27,28)29)36(35-19)11-15(18(30)37)12-9-32-21(31)33-10-12/h1-11H,(H2,30,37)(H2,31,32,33)/b15-11+. The second-order valence-corrected chi connectivity index (χ2v) is 7.53. The third kappa shape index (κ3) is 5.27. The lowest BCUT2D eigenvalue weighted by molar-refractivity contribution is -0.137. The second-order valence-electron chi connectivity index (χ2n) is 7.53. The van der Waals surface area contributed by atoms with Crippen LogP contribution in [-0.2, 0) is 17.1 Å². The molecule has 37 heavy (non-hydrogen) atoms. The topological polar surface area (TPSA) is 126 Å². The van der Waals surface area contributed by atoms with Gasteiger partial charge in [-0.05, 0) is 12.1 Å². The first-order valence-corrected chi connectivity index (χ1v) is 10.3. The van der Waals surface area contributed by atoms with E-state index in [1.807, 2.05) is 0 Å². The Bertz CT molecular complexity index is 1490. The molecule has 0 fully saturated rings. The fourth-order valence-electron chi connectivity index (χ4n) is 3.44. The summed E-state index contributed by atoms with van der Waals surface area (Å²) in [6.07, 6.45) is -6.43. The van der Waals surface area contributed by atoms with E-state index < -0.39 is 52.2 Å². The van der Waals surface area contributed by atoms with Crippen LogP contribution < -0.4 is 11.5 Å². The van der Waals surface area contributed by atoms with Gasteiger partial charge in [0.1, 0.15) is 0 Å². The molecule has 0 radical (unpaired) electrons. The zero-order valence-corrected chi connectivity index (χ0v) is 18.4. The largest absolute Gasteiger partial charge is 0.417 e. The van der Waals surface area contributed by atoms with E-state index in [2.05, 4.69) is 20.1 Å². The number of carbonyl (C=O) groups is 1. The Morgan fingerprint density at radius 2 is 1.35 bits per heavy atom. The number of nitrogen functional groups attached to an aromatic ring is 1. The Morgan fingerprint density at radius 1 is 0.838 bits per heavy atom. The Hall–Kier alpha value is -4.75. The Balaban J connectivity index is 2.02. The summed E-state index contributed by atoms with van der Waals surface area (Å²) in [5.41, 5.74) is 7.42. The summed E-state index contributed by atoms with van der Waals surface area (Å²) in [6.45, 7) is 0. The lowest BCUT2D eigenvalue weighted by atomic mass is 10.1. The van der Waals surface area contributed by atoms with Crippen LogP contribution in [0.2, 0.25) is 0 Å². The van der Waals surface area contributed by atoms with Gasteiger partial charge in [0.05, 0.1) is 16.7 Å². The fourth-order valence-corrected chi connectivity index (χ4v) is 3.44. The number of alkyl halides is 6. The molecule has 0 aliphatic heterocycles. The van der Waals surface area contributed by atoms with Crippen molar-refractivity contribution in [3.8, 4) is 22.8 Å². The monoisotopic (exact) mass is 519 g/mol. The SMILES string of the molecule is NC(=O)/C(=C/n1nc(-c2ccccc2C(F)(F)F)nc1-c1ccccc1C(F)(F)F)c1cnc(N)nc1. The molecular weight excluding hydrogens is 504 g/mol. The summed E-state index contributed by atoms with van der Waals surface area (Å²) in [5, 5.41) is 4.01. The number of nitrogens with two attached hydrogens (primary N) is 2. The van der Waals surface area contributed by atoms with Gasteiger partial charge in [-0.3, -0.25) is 4.79 Å². The van der Waals surface area contributed by atoms with Gasteiger partial charge in [0.25, 0.3) is 5.91 Å². The first-order valence-electron chi connectivity index (χ1n) is 10.3.